The number of hydrogen-bond donors (Lipinski definition) is 1. The summed E-state index contributed by atoms with van der Waals surface area (Å²) in [6.07, 6.45) is -7.30. The second kappa shape index (κ2) is 10.9. The van der Waals surface area contributed by atoms with E-state index in [0.29, 0.717) is 4.68 Å². The smallest absolute Gasteiger partial charge is 0.347 e. The van der Waals surface area contributed by atoms with E-state index < -0.39 is 72.4 Å². The molecule has 1 aromatic rings. The molecule has 1 aliphatic heterocycles. The lowest BCUT2D eigenvalue weighted by molar-refractivity contribution is -0.271. The molecule has 0 radical (unpaired) electrons. The van der Waals surface area contributed by atoms with Crippen molar-refractivity contribution in [3.05, 3.63) is 20.8 Å². The van der Waals surface area contributed by atoms with E-state index in [9.17, 15) is 28.8 Å². The Morgan fingerprint density at radius 2 is 1.44 bits per heavy atom. The monoisotopic (exact) mass is 486 g/mol. The molecule has 1 aromatic heterocycles. The van der Waals surface area contributed by atoms with Crippen LogP contribution < -0.4 is 16.1 Å². The van der Waals surface area contributed by atoms with Crippen LogP contribution in [0.15, 0.2) is 9.59 Å². The summed E-state index contributed by atoms with van der Waals surface area (Å²) in [6.45, 7) is 3.85. The Kier molecular flexibility index (Phi) is 8.51. The van der Waals surface area contributed by atoms with E-state index >= 15 is 0 Å². The lowest BCUT2D eigenvalue weighted by Crippen LogP contribution is -2.62. The van der Waals surface area contributed by atoms with Crippen LogP contribution in [0.5, 0.6) is 0 Å². The lowest BCUT2D eigenvalue weighted by Gasteiger charge is -2.44. The number of rotatable bonds is 7. The van der Waals surface area contributed by atoms with Gasteiger partial charge < -0.3 is 28.6 Å². The molecular weight excluding hydrogens is 460 g/mol. The Bertz CT molecular complexity index is 1060. The molecule has 0 aliphatic carbocycles. The molecule has 0 unspecified atom stereocenters. The topological polar surface area (TPSA) is 185 Å². The minimum Gasteiger partial charge on any atom is -0.463 e. The molecule has 0 aromatic carbocycles. The summed E-state index contributed by atoms with van der Waals surface area (Å²) in [6, 6.07) is 0. The molecule has 15 heteroatoms. The second-order valence-electron chi connectivity index (χ2n) is 7.51. The number of aromatic amines is 1. The summed E-state index contributed by atoms with van der Waals surface area (Å²) in [5, 5.41) is 4.00. The first-order valence-corrected chi connectivity index (χ1v) is 10.0. The molecule has 34 heavy (non-hydrogen) atoms. The summed E-state index contributed by atoms with van der Waals surface area (Å²) in [5.74, 6) is -3.36. The third kappa shape index (κ3) is 6.40. The molecule has 1 fully saturated rings. The molecule has 15 nitrogen and oxygen atoms in total. The van der Waals surface area contributed by atoms with E-state index in [1.54, 1.807) is 0 Å². The Balaban J connectivity index is 2.70. The van der Waals surface area contributed by atoms with Crippen molar-refractivity contribution in [1.29, 1.82) is 0 Å². The summed E-state index contributed by atoms with van der Waals surface area (Å²) in [5.41, 5.74) is -1.83. The SMILES string of the molecule is CC(=O)OC[C@@H]1O[C@@H](n2nc(N(C)C)c(=O)[nH]c2=O)[C@@H](OC(C)=O)[C@@H](OC(C)=O)[C@@H]1OC(C)=O. The van der Waals surface area contributed by atoms with Crippen LogP contribution in [0.25, 0.3) is 0 Å². The average Bonchev–Trinajstić information content (AvgIpc) is 2.68. The third-order valence-corrected chi connectivity index (χ3v) is 4.47. The van der Waals surface area contributed by atoms with Crippen molar-refractivity contribution in [1.82, 2.24) is 14.8 Å². The highest BCUT2D eigenvalue weighted by molar-refractivity contribution is 5.68. The third-order valence-electron chi connectivity index (χ3n) is 4.47. The van der Waals surface area contributed by atoms with Gasteiger partial charge in [-0.15, -0.1) is 5.10 Å². The number of carbonyl (C=O) groups is 4. The second-order valence-corrected chi connectivity index (χ2v) is 7.51. The largest absolute Gasteiger partial charge is 0.463 e. The molecule has 0 spiro atoms. The van der Waals surface area contributed by atoms with Gasteiger partial charge in [-0.1, -0.05) is 0 Å². The fourth-order valence-electron chi connectivity index (χ4n) is 3.27. The number of carbonyl (C=O) groups excluding carboxylic acids is 4. The highest BCUT2D eigenvalue weighted by Gasteiger charge is 2.53. The standard InChI is InChI=1S/C19H26N4O11/c1-8(24)30-7-12-13(31-9(2)25)14(32-10(3)26)15(33-11(4)27)18(34-12)23-19(29)20-17(28)16(21-23)22(5)6/h12-15,18H,7H2,1-6H3,(H,20,28,29)/t12-,13+,14-,15-,18+/m0/s1. The number of ether oxygens (including phenoxy) is 5. The zero-order valence-corrected chi connectivity index (χ0v) is 19.4. The Hall–Kier alpha value is -3.75. The van der Waals surface area contributed by atoms with Gasteiger partial charge in [-0.25, -0.2) is 4.79 Å². The zero-order chi connectivity index (χ0) is 25.7. The maximum Gasteiger partial charge on any atom is 0.347 e. The predicted octanol–water partition coefficient (Wildman–Crippen LogP) is -1.75. The lowest BCUT2D eigenvalue weighted by atomic mass is 9.97. The zero-order valence-electron chi connectivity index (χ0n) is 19.4. The highest BCUT2D eigenvalue weighted by Crippen LogP contribution is 2.33. The van der Waals surface area contributed by atoms with Crippen molar-refractivity contribution in [2.24, 2.45) is 0 Å². The van der Waals surface area contributed by atoms with Crippen molar-refractivity contribution in [2.45, 2.75) is 58.3 Å². The molecule has 188 valence electrons. The first kappa shape index (κ1) is 26.5. The van der Waals surface area contributed by atoms with Crippen LogP contribution in [-0.2, 0) is 42.9 Å². The van der Waals surface area contributed by atoms with Crippen molar-refractivity contribution >= 4 is 29.7 Å². The van der Waals surface area contributed by atoms with Gasteiger partial charge >= 0.3 is 29.6 Å². The van der Waals surface area contributed by atoms with Crippen molar-refractivity contribution in [3.8, 4) is 0 Å². The number of nitrogens with zero attached hydrogens (tertiary/aromatic N) is 3. The number of H-pyrrole nitrogens is 1. The number of esters is 4. The van der Waals surface area contributed by atoms with Gasteiger partial charge in [-0.2, -0.15) is 4.68 Å². The highest BCUT2D eigenvalue weighted by atomic mass is 16.7. The van der Waals surface area contributed by atoms with E-state index in [1.165, 1.54) is 19.0 Å². The summed E-state index contributed by atoms with van der Waals surface area (Å²) in [4.78, 5) is 75.1. The number of nitrogens with one attached hydrogen (secondary N) is 1. The fraction of sp³-hybridized carbons (Fsp3) is 0.632. The Labute approximate surface area is 192 Å². The van der Waals surface area contributed by atoms with Crippen molar-refractivity contribution in [2.75, 3.05) is 25.6 Å². The number of hydrogen-bond acceptors (Lipinski definition) is 13. The van der Waals surface area contributed by atoms with Crippen LogP contribution in [0.1, 0.15) is 33.9 Å². The van der Waals surface area contributed by atoms with Crippen LogP contribution in [-0.4, -0.2) is 83.8 Å². The molecule has 2 heterocycles. The minimum atomic E-state index is -1.58. The van der Waals surface area contributed by atoms with Crippen LogP contribution in [0, 0.1) is 0 Å². The normalized spacial score (nSPS) is 24.0. The van der Waals surface area contributed by atoms with E-state index in [1.807, 2.05) is 0 Å². The predicted molar refractivity (Wildman–Crippen MR) is 111 cm³/mol. The molecule has 2 rings (SSSR count). The van der Waals surface area contributed by atoms with Gasteiger partial charge in [-0.3, -0.25) is 29.0 Å². The van der Waals surface area contributed by atoms with Gasteiger partial charge in [0.25, 0.3) is 5.56 Å². The molecular formula is C19H26N4O11. The van der Waals surface area contributed by atoms with Crippen LogP contribution in [0.2, 0.25) is 0 Å². The van der Waals surface area contributed by atoms with E-state index in [2.05, 4.69) is 10.1 Å². The Morgan fingerprint density at radius 3 is 1.94 bits per heavy atom. The van der Waals surface area contributed by atoms with Gasteiger partial charge in [-0.05, 0) is 0 Å². The molecule has 5 atom stereocenters. The van der Waals surface area contributed by atoms with E-state index in [0.717, 1.165) is 27.7 Å². The van der Waals surface area contributed by atoms with Gasteiger partial charge in [0.05, 0.1) is 0 Å². The molecule has 1 aliphatic rings. The van der Waals surface area contributed by atoms with Gasteiger partial charge in [0, 0.05) is 41.8 Å². The van der Waals surface area contributed by atoms with Gasteiger partial charge in [0.1, 0.15) is 12.7 Å². The maximum atomic E-state index is 12.6. The molecule has 0 amide bonds. The quantitative estimate of drug-likeness (QED) is 0.338. The number of aromatic nitrogens is 3. The van der Waals surface area contributed by atoms with E-state index in [4.69, 9.17) is 23.7 Å². The maximum absolute atomic E-state index is 12.6. The fourth-order valence-corrected chi connectivity index (χ4v) is 3.27. The average molecular weight is 486 g/mol. The number of anilines is 1. The first-order valence-electron chi connectivity index (χ1n) is 10.0. The van der Waals surface area contributed by atoms with Crippen molar-refractivity contribution in [3.63, 3.8) is 0 Å². The Morgan fingerprint density at radius 1 is 0.912 bits per heavy atom. The summed E-state index contributed by atoms with van der Waals surface area (Å²) >= 11 is 0. The molecule has 1 saturated heterocycles. The molecule has 1 N–H and O–H groups in total. The van der Waals surface area contributed by atoms with E-state index in [-0.39, 0.29) is 5.82 Å². The first-order chi connectivity index (χ1) is 15.8. The van der Waals surface area contributed by atoms with Crippen molar-refractivity contribution < 1.29 is 42.9 Å². The minimum absolute atomic E-state index is 0.188. The van der Waals surface area contributed by atoms with Crippen LogP contribution in [0.4, 0.5) is 5.82 Å². The van der Waals surface area contributed by atoms with Crippen LogP contribution in [0.3, 0.4) is 0 Å². The van der Waals surface area contributed by atoms with Crippen LogP contribution >= 0.6 is 0 Å². The summed E-state index contributed by atoms with van der Waals surface area (Å²) < 4.78 is 27.4. The molecule has 0 saturated carbocycles. The summed E-state index contributed by atoms with van der Waals surface area (Å²) in [7, 11) is 3.00. The van der Waals surface area contributed by atoms with Gasteiger partial charge in [0.15, 0.2) is 24.5 Å². The molecule has 0 bridgehead atoms. The van der Waals surface area contributed by atoms with Gasteiger partial charge in [0.2, 0.25) is 5.82 Å².